The molecule has 1 N–H and O–H groups in total. The van der Waals surface area contributed by atoms with Crippen molar-refractivity contribution in [3.63, 3.8) is 0 Å². The van der Waals surface area contributed by atoms with E-state index in [-0.39, 0.29) is 5.75 Å². The standard InChI is InChI=1S/C47H42N2O2/c1-3-5-16-32(4-2)31-51-45-30-43(48-46(49-45)39-23-14-15-24-44(39)50)35-25-26-38-40-27-33-17-12-13-18-34(33)28-42(40)47(41(38)29-35,36-19-8-6-9-20-36)37-21-10-7-11-22-37/h6-15,17-30,32,50H,3-5,16,31H2,1-2H3. The molecule has 0 spiro atoms. The maximum atomic E-state index is 10.9. The average Bonchev–Trinajstić information content (AvgIpc) is 3.47. The van der Waals surface area contributed by atoms with Gasteiger partial charge in [-0.15, -0.1) is 0 Å². The summed E-state index contributed by atoms with van der Waals surface area (Å²) in [5.74, 6) is 1.54. The molecule has 0 saturated carbocycles. The van der Waals surface area contributed by atoms with Crippen molar-refractivity contribution >= 4 is 10.8 Å². The predicted octanol–water partition coefficient (Wildman–Crippen LogP) is 11.6. The summed E-state index contributed by atoms with van der Waals surface area (Å²) in [5, 5.41) is 13.3. The topological polar surface area (TPSA) is 55.2 Å². The van der Waals surface area contributed by atoms with Crippen LogP contribution in [-0.4, -0.2) is 21.7 Å². The zero-order valence-electron chi connectivity index (χ0n) is 29.2. The molecule has 1 aliphatic rings. The quantitative estimate of drug-likeness (QED) is 0.149. The summed E-state index contributed by atoms with van der Waals surface area (Å²) < 4.78 is 6.45. The third kappa shape index (κ3) is 5.85. The number of ether oxygens (including phenoxy) is 1. The fourth-order valence-electron chi connectivity index (χ4n) is 7.86. The van der Waals surface area contributed by atoms with Crippen molar-refractivity contribution in [3.8, 4) is 45.4 Å². The Balaban J connectivity index is 1.35. The van der Waals surface area contributed by atoms with E-state index in [1.165, 1.54) is 50.6 Å². The third-order valence-electron chi connectivity index (χ3n) is 10.6. The van der Waals surface area contributed by atoms with E-state index in [1.807, 2.05) is 24.3 Å². The Morgan fingerprint density at radius 3 is 1.96 bits per heavy atom. The Hall–Kier alpha value is -5.74. The number of benzene rings is 6. The molecular formula is C47H42N2O2. The smallest absolute Gasteiger partial charge is 0.217 e. The first-order chi connectivity index (χ1) is 25.1. The van der Waals surface area contributed by atoms with Crippen LogP contribution in [0.4, 0.5) is 0 Å². The zero-order chi connectivity index (χ0) is 34.8. The van der Waals surface area contributed by atoms with Crippen molar-refractivity contribution in [2.24, 2.45) is 5.92 Å². The van der Waals surface area contributed by atoms with Crippen molar-refractivity contribution < 1.29 is 9.84 Å². The van der Waals surface area contributed by atoms with Gasteiger partial charge in [0.05, 0.1) is 23.3 Å². The fraction of sp³-hybridized carbons (Fsp3) is 0.191. The molecule has 0 aliphatic heterocycles. The second-order valence-corrected chi connectivity index (χ2v) is 13.6. The van der Waals surface area contributed by atoms with E-state index in [4.69, 9.17) is 14.7 Å². The van der Waals surface area contributed by atoms with E-state index >= 15 is 0 Å². The number of aromatic nitrogens is 2. The highest BCUT2D eigenvalue weighted by Gasteiger charge is 2.46. The highest BCUT2D eigenvalue weighted by atomic mass is 16.5. The third-order valence-corrected chi connectivity index (χ3v) is 10.6. The van der Waals surface area contributed by atoms with Gasteiger partial charge in [-0.3, -0.25) is 0 Å². The van der Waals surface area contributed by atoms with Gasteiger partial charge in [0, 0.05) is 11.6 Å². The molecule has 1 heterocycles. The number of phenolic OH excluding ortho intramolecular Hbond substituents is 1. The predicted molar refractivity (Wildman–Crippen MR) is 208 cm³/mol. The first-order valence-corrected chi connectivity index (χ1v) is 18.2. The van der Waals surface area contributed by atoms with Crippen LogP contribution in [0.15, 0.2) is 146 Å². The molecule has 4 heteroatoms. The molecule has 51 heavy (non-hydrogen) atoms. The molecule has 8 rings (SSSR count). The number of aromatic hydroxyl groups is 1. The van der Waals surface area contributed by atoms with E-state index in [1.54, 1.807) is 6.07 Å². The monoisotopic (exact) mass is 666 g/mol. The molecule has 1 aliphatic carbocycles. The SMILES string of the molecule is CCCCC(CC)COc1cc(-c2ccc3c(c2)C(c2ccccc2)(c2ccccc2)c2cc4ccccc4cc2-3)nc(-c2ccccc2O)n1. The maximum absolute atomic E-state index is 10.9. The number of nitrogens with zero attached hydrogens (tertiary/aromatic N) is 2. The van der Waals surface area contributed by atoms with Gasteiger partial charge in [-0.2, -0.15) is 4.98 Å². The van der Waals surface area contributed by atoms with Gasteiger partial charge in [0.25, 0.3) is 0 Å². The van der Waals surface area contributed by atoms with Crippen LogP contribution in [0, 0.1) is 5.92 Å². The van der Waals surface area contributed by atoms with Gasteiger partial charge >= 0.3 is 0 Å². The fourth-order valence-corrected chi connectivity index (χ4v) is 7.86. The zero-order valence-corrected chi connectivity index (χ0v) is 29.2. The Labute approximate surface area is 300 Å². The number of hydrogen-bond donors (Lipinski definition) is 1. The lowest BCUT2D eigenvalue weighted by molar-refractivity contribution is 0.226. The van der Waals surface area contributed by atoms with Crippen LogP contribution >= 0.6 is 0 Å². The summed E-state index contributed by atoms with van der Waals surface area (Å²) in [5.41, 5.74) is 9.07. The van der Waals surface area contributed by atoms with Crippen molar-refractivity contribution in [1.29, 1.82) is 0 Å². The summed E-state index contributed by atoms with van der Waals surface area (Å²) in [4.78, 5) is 9.94. The second-order valence-electron chi connectivity index (χ2n) is 13.6. The summed E-state index contributed by atoms with van der Waals surface area (Å²) >= 11 is 0. The van der Waals surface area contributed by atoms with Crippen molar-refractivity contribution in [3.05, 3.63) is 168 Å². The molecule has 1 aromatic heterocycles. The lowest BCUT2D eigenvalue weighted by Gasteiger charge is -2.34. The van der Waals surface area contributed by atoms with Crippen molar-refractivity contribution in [2.45, 2.75) is 44.9 Å². The number of phenols is 1. The Morgan fingerprint density at radius 2 is 1.27 bits per heavy atom. The second kappa shape index (κ2) is 13.9. The maximum Gasteiger partial charge on any atom is 0.217 e. The van der Waals surface area contributed by atoms with Crippen LogP contribution in [0.5, 0.6) is 11.6 Å². The number of rotatable bonds is 11. The van der Waals surface area contributed by atoms with Crippen molar-refractivity contribution in [2.75, 3.05) is 6.61 Å². The molecule has 0 bridgehead atoms. The van der Waals surface area contributed by atoms with Crippen molar-refractivity contribution in [1.82, 2.24) is 9.97 Å². The first kappa shape index (κ1) is 32.5. The van der Waals surface area contributed by atoms with Crippen LogP contribution < -0.4 is 4.74 Å². The normalized spacial score (nSPS) is 13.5. The number of unbranched alkanes of at least 4 members (excludes halogenated alkanes) is 1. The highest BCUT2D eigenvalue weighted by Crippen LogP contribution is 2.57. The largest absolute Gasteiger partial charge is 0.507 e. The lowest BCUT2D eigenvalue weighted by Crippen LogP contribution is -2.28. The van der Waals surface area contributed by atoms with E-state index in [0.717, 1.165) is 30.5 Å². The molecule has 0 fully saturated rings. The molecule has 0 amide bonds. The Morgan fingerprint density at radius 1 is 0.627 bits per heavy atom. The van der Waals surface area contributed by atoms with Gasteiger partial charge in [0.1, 0.15) is 5.75 Å². The summed E-state index contributed by atoms with van der Waals surface area (Å²) in [6.07, 6.45) is 4.51. The molecule has 6 aromatic carbocycles. The highest BCUT2D eigenvalue weighted by molar-refractivity contribution is 5.96. The van der Waals surface area contributed by atoms with E-state index < -0.39 is 5.41 Å². The minimum absolute atomic E-state index is 0.138. The average molecular weight is 667 g/mol. The summed E-state index contributed by atoms with van der Waals surface area (Å²) in [7, 11) is 0. The Bertz CT molecular complexity index is 2280. The van der Waals surface area contributed by atoms with E-state index in [9.17, 15) is 5.11 Å². The lowest BCUT2D eigenvalue weighted by atomic mass is 9.67. The molecule has 0 saturated heterocycles. The molecule has 0 radical (unpaired) electrons. The molecule has 1 atom stereocenters. The summed E-state index contributed by atoms with van der Waals surface area (Å²) in [6, 6.07) is 51.1. The molecule has 252 valence electrons. The van der Waals surface area contributed by atoms with Gasteiger partial charge in [-0.25, -0.2) is 4.98 Å². The number of fused-ring (bicyclic) bond motifs is 4. The first-order valence-electron chi connectivity index (χ1n) is 18.2. The van der Waals surface area contributed by atoms with E-state index in [2.05, 4.69) is 129 Å². The van der Waals surface area contributed by atoms with Gasteiger partial charge in [0.2, 0.25) is 5.88 Å². The minimum atomic E-state index is -0.562. The minimum Gasteiger partial charge on any atom is -0.507 e. The van der Waals surface area contributed by atoms with Gasteiger partial charge in [-0.1, -0.05) is 142 Å². The van der Waals surface area contributed by atoms with Gasteiger partial charge in [-0.05, 0) is 86.8 Å². The molecular weight excluding hydrogens is 625 g/mol. The molecule has 1 unspecified atom stereocenters. The molecule has 4 nitrogen and oxygen atoms in total. The molecule has 7 aromatic rings. The van der Waals surface area contributed by atoms with Crippen LogP contribution in [0.25, 0.3) is 44.5 Å². The van der Waals surface area contributed by atoms with Crippen LogP contribution in [0.1, 0.15) is 61.8 Å². The van der Waals surface area contributed by atoms with E-state index in [0.29, 0.717) is 29.8 Å². The Kier molecular flexibility index (Phi) is 8.83. The number of para-hydroxylation sites is 1. The van der Waals surface area contributed by atoms with Crippen LogP contribution in [0.3, 0.4) is 0 Å². The van der Waals surface area contributed by atoms with Crippen LogP contribution in [0.2, 0.25) is 0 Å². The van der Waals surface area contributed by atoms with Gasteiger partial charge in [0.15, 0.2) is 5.82 Å². The number of hydrogen-bond acceptors (Lipinski definition) is 4. The summed E-state index contributed by atoms with van der Waals surface area (Å²) in [6.45, 7) is 5.04. The van der Waals surface area contributed by atoms with Crippen LogP contribution in [-0.2, 0) is 5.41 Å². The van der Waals surface area contributed by atoms with Gasteiger partial charge < -0.3 is 9.84 Å².